The smallest absolute Gasteiger partial charge is 0.132 e. The SMILES string of the molecule is CC(O)(CNc1ccnc2cc(Br)cnc12)c1ccc(F)cc1F. The van der Waals surface area contributed by atoms with E-state index in [1.165, 1.54) is 13.0 Å². The Kier molecular flexibility index (Phi) is 4.47. The predicted octanol–water partition coefficient (Wildman–Crippen LogP) is 3.99. The second-order valence-corrected chi connectivity index (χ2v) is 6.55. The average molecular weight is 394 g/mol. The van der Waals surface area contributed by atoms with Crippen molar-refractivity contribution in [3.8, 4) is 0 Å². The summed E-state index contributed by atoms with van der Waals surface area (Å²) in [7, 11) is 0. The number of nitrogens with zero attached hydrogens (tertiary/aromatic N) is 2. The molecular weight excluding hydrogens is 380 g/mol. The van der Waals surface area contributed by atoms with E-state index in [-0.39, 0.29) is 12.1 Å². The van der Waals surface area contributed by atoms with Crippen molar-refractivity contribution in [2.45, 2.75) is 12.5 Å². The van der Waals surface area contributed by atoms with Gasteiger partial charge in [0.15, 0.2) is 0 Å². The van der Waals surface area contributed by atoms with Crippen LogP contribution in [0, 0.1) is 11.6 Å². The predicted molar refractivity (Wildman–Crippen MR) is 91.7 cm³/mol. The molecule has 124 valence electrons. The van der Waals surface area contributed by atoms with E-state index < -0.39 is 17.2 Å². The van der Waals surface area contributed by atoms with Crippen molar-refractivity contribution in [3.05, 3.63) is 64.4 Å². The van der Waals surface area contributed by atoms with Gasteiger partial charge in [0.1, 0.15) is 22.8 Å². The summed E-state index contributed by atoms with van der Waals surface area (Å²) in [6.45, 7) is 1.48. The Balaban J connectivity index is 1.87. The van der Waals surface area contributed by atoms with Crippen LogP contribution >= 0.6 is 15.9 Å². The summed E-state index contributed by atoms with van der Waals surface area (Å²) < 4.78 is 27.8. The number of halogens is 3. The molecule has 2 N–H and O–H groups in total. The molecule has 4 nitrogen and oxygen atoms in total. The molecule has 1 aromatic carbocycles. The first-order valence-electron chi connectivity index (χ1n) is 7.19. The van der Waals surface area contributed by atoms with Crippen molar-refractivity contribution >= 4 is 32.7 Å². The summed E-state index contributed by atoms with van der Waals surface area (Å²) in [6.07, 6.45) is 3.26. The van der Waals surface area contributed by atoms with Crippen LogP contribution in [0.1, 0.15) is 12.5 Å². The Bertz CT molecular complexity index is 902. The highest BCUT2D eigenvalue weighted by atomic mass is 79.9. The van der Waals surface area contributed by atoms with Crippen molar-refractivity contribution in [1.82, 2.24) is 9.97 Å². The molecule has 0 radical (unpaired) electrons. The standard InChI is InChI=1S/C17H14BrF2N3O/c1-17(24,12-3-2-11(19)7-13(12)20)9-23-14-4-5-21-15-6-10(18)8-22-16(14)15/h2-8,24H,9H2,1H3,(H,21,23). The summed E-state index contributed by atoms with van der Waals surface area (Å²) >= 11 is 3.34. The molecule has 1 unspecified atom stereocenters. The lowest BCUT2D eigenvalue weighted by Gasteiger charge is -2.25. The monoisotopic (exact) mass is 393 g/mol. The number of benzene rings is 1. The number of hydrogen-bond acceptors (Lipinski definition) is 4. The van der Waals surface area contributed by atoms with Crippen molar-refractivity contribution in [2.24, 2.45) is 0 Å². The normalized spacial score (nSPS) is 13.7. The fourth-order valence-electron chi connectivity index (χ4n) is 2.44. The van der Waals surface area contributed by atoms with Crippen LogP contribution in [0.15, 0.2) is 47.2 Å². The number of anilines is 1. The summed E-state index contributed by atoms with van der Waals surface area (Å²) in [4.78, 5) is 8.54. The lowest BCUT2D eigenvalue weighted by Crippen LogP contribution is -2.32. The van der Waals surface area contributed by atoms with E-state index in [9.17, 15) is 13.9 Å². The average Bonchev–Trinajstić information content (AvgIpc) is 2.52. The van der Waals surface area contributed by atoms with Crippen LogP contribution in [0.5, 0.6) is 0 Å². The van der Waals surface area contributed by atoms with Crippen molar-refractivity contribution < 1.29 is 13.9 Å². The molecule has 3 aromatic rings. The third-order valence-electron chi connectivity index (χ3n) is 3.68. The van der Waals surface area contributed by atoms with Crippen LogP contribution in [0.2, 0.25) is 0 Å². The van der Waals surface area contributed by atoms with Gasteiger partial charge >= 0.3 is 0 Å². The molecule has 0 aliphatic rings. The van der Waals surface area contributed by atoms with Gasteiger partial charge in [-0.05, 0) is 41.1 Å². The molecule has 0 aliphatic heterocycles. The summed E-state index contributed by atoms with van der Waals surface area (Å²) in [5.74, 6) is -1.47. The number of aliphatic hydroxyl groups is 1. The number of hydrogen-bond donors (Lipinski definition) is 2. The van der Waals surface area contributed by atoms with Crippen LogP contribution < -0.4 is 5.32 Å². The van der Waals surface area contributed by atoms with Gasteiger partial charge in [0.05, 0.1) is 11.2 Å². The fourth-order valence-corrected chi connectivity index (χ4v) is 2.76. The van der Waals surface area contributed by atoms with Crippen molar-refractivity contribution in [2.75, 3.05) is 11.9 Å². The molecule has 3 rings (SSSR count). The fraction of sp³-hybridized carbons (Fsp3) is 0.176. The molecule has 0 spiro atoms. The van der Waals surface area contributed by atoms with E-state index in [2.05, 4.69) is 31.2 Å². The molecule has 2 aromatic heterocycles. The van der Waals surface area contributed by atoms with E-state index in [0.717, 1.165) is 16.6 Å². The van der Waals surface area contributed by atoms with Gasteiger partial charge in [0.25, 0.3) is 0 Å². The van der Waals surface area contributed by atoms with Crippen molar-refractivity contribution in [3.63, 3.8) is 0 Å². The van der Waals surface area contributed by atoms with Crippen LogP contribution in [-0.4, -0.2) is 21.6 Å². The Hall–Kier alpha value is -2.12. The topological polar surface area (TPSA) is 58.0 Å². The lowest BCUT2D eigenvalue weighted by atomic mass is 9.95. The molecular formula is C17H14BrF2N3O. The van der Waals surface area contributed by atoms with E-state index in [1.807, 2.05) is 6.07 Å². The summed E-state index contributed by atoms with van der Waals surface area (Å²) in [5, 5.41) is 13.6. The van der Waals surface area contributed by atoms with E-state index in [4.69, 9.17) is 0 Å². The van der Waals surface area contributed by atoms with E-state index >= 15 is 0 Å². The highest BCUT2D eigenvalue weighted by Gasteiger charge is 2.27. The van der Waals surface area contributed by atoms with Gasteiger partial charge < -0.3 is 10.4 Å². The Morgan fingerprint density at radius 1 is 1.21 bits per heavy atom. The van der Waals surface area contributed by atoms with Crippen LogP contribution in [-0.2, 0) is 5.60 Å². The first-order chi connectivity index (χ1) is 11.4. The Morgan fingerprint density at radius 3 is 2.75 bits per heavy atom. The zero-order chi connectivity index (χ0) is 17.3. The third-order valence-corrected chi connectivity index (χ3v) is 4.11. The molecule has 0 fully saturated rings. The molecule has 0 saturated heterocycles. The zero-order valence-electron chi connectivity index (χ0n) is 12.7. The molecule has 0 aliphatic carbocycles. The first kappa shape index (κ1) is 16.7. The second kappa shape index (κ2) is 6.41. The Labute approximate surface area is 145 Å². The minimum atomic E-state index is -1.53. The number of aromatic nitrogens is 2. The molecule has 24 heavy (non-hydrogen) atoms. The molecule has 7 heteroatoms. The lowest BCUT2D eigenvalue weighted by molar-refractivity contribution is 0.0675. The quantitative estimate of drug-likeness (QED) is 0.703. The van der Waals surface area contributed by atoms with Gasteiger partial charge in [0.2, 0.25) is 0 Å². The number of nitrogens with one attached hydrogen (secondary N) is 1. The first-order valence-corrected chi connectivity index (χ1v) is 7.98. The van der Waals surface area contributed by atoms with Gasteiger partial charge in [-0.1, -0.05) is 6.07 Å². The van der Waals surface area contributed by atoms with Gasteiger partial charge in [0, 0.05) is 35.0 Å². The van der Waals surface area contributed by atoms with Gasteiger partial charge in [-0.2, -0.15) is 0 Å². The molecule has 0 amide bonds. The highest BCUT2D eigenvalue weighted by Crippen LogP contribution is 2.27. The maximum absolute atomic E-state index is 13.9. The van der Waals surface area contributed by atoms with Crippen LogP contribution in [0.3, 0.4) is 0 Å². The second-order valence-electron chi connectivity index (χ2n) is 5.63. The Morgan fingerprint density at radius 2 is 2.00 bits per heavy atom. The summed E-state index contributed by atoms with van der Waals surface area (Å²) in [6, 6.07) is 6.66. The summed E-state index contributed by atoms with van der Waals surface area (Å²) in [5.41, 5.74) is 0.474. The van der Waals surface area contributed by atoms with E-state index in [0.29, 0.717) is 16.7 Å². The van der Waals surface area contributed by atoms with Crippen LogP contribution in [0.25, 0.3) is 11.0 Å². The molecule has 1 atom stereocenters. The number of fused-ring (bicyclic) bond motifs is 1. The molecule has 0 bridgehead atoms. The van der Waals surface area contributed by atoms with E-state index in [1.54, 1.807) is 18.5 Å². The molecule has 2 heterocycles. The van der Waals surface area contributed by atoms with Crippen molar-refractivity contribution in [1.29, 1.82) is 0 Å². The van der Waals surface area contributed by atoms with Gasteiger partial charge in [-0.3, -0.25) is 9.97 Å². The minimum Gasteiger partial charge on any atom is -0.383 e. The minimum absolute atomic E-state index is 0.0189. The highest BCUT2D eigenvalue weighted by molar-refractivity contribution is 9.10. The van der Waals surface area contributed by atoms with Gasteiger partial charge in [-0.25, -0.2) is 8.78 Å². The maximum Gasteiger partial charge on any atom is 0.132 e. The maximum atomic E-state index is 13.9. The largest absolute Gasteiger partial charge is 0.383 e. The third kappa shape index (κ3) is 3.37. The van der Waals surface area contributed by atoms with Gasteiger partial charge in [-0.15, -0.1) is 0 Å². The zero-order valence-corrected chi connectivity index (χ0v) is 14.3. The molecule has 0 saturated carbocycles. The van der Waals surface area contributed by atoms with Crippen LogP contribution in [0.4, 0.5) is 14.5 Å². The number of pyridine rings is 2. The number of rotatable bonds is 4.